The molecule has 0 fully saturated rings. The Morgan fingerprint density at radius 2 is 1.44 bits per heavy atom. The first-order valence-electron chi connectivity index (χ1n) is 10.7. The summed E-state index contributed by atoms with van der Waals surface area (Å²) in [4.78, 5) is 51.4. The van der Waals surface area contributed by atoms with Crippen LogP contribution in [0, 0.1) is 5.82 Å². The third kappa shape index (κ3) is 5.01. The van der Waals surface area contributed by atoms with Gasteiger partial charge in [0.1, 0.15) is 5.82 Å². The second-order valence-electron chi connectivity index (χ2n) is 7.69. The Kier molecular flexibility index (Phi) is 6.77. The van der Waals surface area contributed by atoms with Crippen molar-refractivity contribution in [1.29, 1.82) is 0 Å². The number of fused-ring (bicyclic) bond motifs is 1. The highest BCUT2D eigenvalue weighted by Crippen LogP contribution is 2.24. The number of amides is 3. The fraction of sp³-hybridized carbons (Fsp3) is 0.154. The number of halogens is 1. The molecule has 0 bridgehead atoms. The SMILES string of the molecule is O=C(CCCN1C(=O)c2ccccc2C1=O)OC(C(=O)Nc1ccc(F)cc1)c1ccccc1. The van der Waals surface area contributed by atoms with Crippen LogP contribution in [0.3, 0.4) is 0 Å². The molecule has 1 aliphatic rings. The molecule has 1 atom stereocenters. The van der Waals surface area contributed by atoms with Crippen molar-refractivity contribution in [1.82, 2.24) is 4.90 Å². The van der Waals surface area contributed by atoms with Gasteiger partial charge in [0.2, 0.25) is 6.10 Å². The van der Waals surface area contributed by atoms with Crippen molar-refractivity contribution in [3.8, 4) is 0 Å². The summed E-state index contributed by atoms with van der Waals surface area (Å²) in [5.41, 5.74) is 1.51. The molecule has 3 amide bonds. The van der Waals surface area contributed by atoms with Crippen LogP contribution in [0.15, 0.2) is 78.9 Å². The average Bonchev–Trinajstić information content (AvgIpc) is 3.09. The van der Waals surface area contributed by atoms with E-state index in [0.717, 1.165) is 4.90 Å². The van der Waals surface area contributed by atoms with Crippen LogP contribution < -0.4 is 5.32 Å². The number of imide groups is 1. The molecule has 172 valence electrons. The summed E-state index contributed by atoms with van der Waals surface area (Å²) in [6.07, 6.45) is -1.13. The fourth-order valence-corrected chi connectivity index (χ4v) is 3.66. The van der Waals surface area contributed by atoms with E-state index in [4.69, 9.17) is 4.74 Å². The van der Waals surface area contributed by atoms with E-state index >= 15 is 0 Å². The predicted molar refractivity (Wildman–Crippen MR) is 121 cm³/mol. The van der Waals surface area contributed by atoms with Gasteiger partial charge in [-0.25, -0.2) is 4.39 Å². The molecule has 1 N–H and O–H groups in total. The van der Waals surface area contributed by atoms with Gasteiger partial charge < -0.3 is 10.1 Å². The average molecular weight is 460 g/mol. The molecule has 0 radical (unpaired) electrons. The summed E-state index contributed by atoms with van der Waals surface area (Å²) < 4.78 is 18.6. The molecular weight excluding hydrogens is 439 g/mol. The Hall–Kier alpha value is -4.33. The Labute approximate surface area is 195 Å². The van der Waals surface area contributed by atoms with Crippen molar-refractivity contribution in [2.45, 2.75) is 18.9 Å². The minimum atomic E-state index is -1.22. The minimum absolute atomic E-state index is 0.0548. The van der Waals surface area contributed by atoms with Gasteiger partial charge in [0, 0.05) is 24.2 Å². The summed E-state index contributed by atoms with van der Waals surface area (Å²) in [6.45, 7) is 0.0548. The van der Waals surface area contributed by atoms with Crippen molar-refractivity contribution < 1.29 is 28.3 Å². The van der Waals surface area contributed by atoms with E-state index in [9.17, 15) is 23.6 Å². The maximum atomic E-state index is 13.1. The molecule has 0 spiro atoms. The zero-order valence-corrected chi connectivity index (χ0v) is 18.1. The molecular formula is C26H21FN2O5. The number of benzene rings is 3. The normalized spacial score (nSPS) is 13.4. The van der Waals surface area contributed by atoms with Crippen LogP contribution in [0.1, 0.15) is 45.2 Å². The predicted octanol–water partition coefficient (Wildman–Crippen LogP) is 4.13. The lowest BCUT2D eigenvalue weighted by Crippen LogP contribution is -2.31. The molecule has 0 saturated carbocycles. The monoisotopic (exact) mass is 460 g/mol. The summed E-state index contributed by atoms with van der Waals surface area (Å²) >= 11 is 0. The number of carbonyl (C=O) groups excluding carboxylic acids is 4. The van der Waals surface area contributed by atoms with Crippen LogP contribution >= 0.6 is 0 Å². The first-order chi connectivity index (χ1) is 16.4. The largest absolute Gasteiger partial charge is 0.447 e. The van der Waals surface area contributed by atoms with E-state index in [-0.39, 0.29) is 19.4 Å². The quantitative estimate of drug-likeness (QED) is 0.403. The van der Waals surface area contributed by atoms with Crippen molar-refractivity contribution in [2.24, 2.45) is 0 Å². The number of nitrogens with zero attached hydrogens (tertiary/aromatic N) is 1. The van der Waals surface area contributed by atoms with Gasteiger partial charge in [-0.2, -0.15) is 0 Å². The molecule has 1 aliphatic heterocycles. The van der Waals surface area contributed by atoms with Gasteiger partial charge in [-0.05, 0) is 42.8 Å². The second kappa shape index (κ2) is 10.1. The summed E-state index contributed by atoms with van der Waals surface area (Å²) in [7, 11) is 0. The van der Waals surface area contributed by atoms with Gasteiger partial charge in [-0.1, -0.05) is 42.5 Å². The number of hydrogen-bond donors (Lipinski definition) is 1. The van der Waals surface area contributed by atoms with Gasteiger partial charge in [-0.3, -0.25) is 24.1 Å². The molecule has 3 aromatic carbocycles. The molecule has 4 rings (SSSR count). The third-order valence-corrected chi connectivity index (χ3v) is 5.34. The van der Waals surface area contributed by atoms with Crippen LogP contribution in [0.2, 0.25) is 0 Å². The van der Waals surface area contributed by atoms with E-state index in [2.05, 4.69) is 5.32 Å². The smallest absolute Gasteiger partial charge is 0.306 e. The first-order valence-corrected chi connectivity index (χ1v) is 10.7. The number of hydrogen-bond acceptors (Lipinski definition) is 5. The van der Waals surface area contributed by atoms with Crippen LogP contribution in [0.4, 0.5) is 10.1 Å². The number of rotatable bonds is 8. The Bertz CT molecular complexity index is 1190. The molecule has 1 heterocycles. The molecule has 3 aromatic rings. The Morgan fingerprint density at radius 1 is 0.853 bits per heavy atom. The molecule has 8 heteroatoms. The number of esters is 1. The van der Waals surface area contributed by atoms with Crippen LogP contribution in [-0.2, 0) is 14.3 Å². The van der Waals surface area contributed by atoms with E-state index in [1.54, 1.807) is 54.6 Å². The van der Waals surface area contributed by atoms with Crippen LogP contribution in [0.25, 0.3) is 0 Å². The number of anilines is 1. The maximum Gasteiger partial charge on any atom is 0.306 e. The molecule has 34 heavy (non-hydrogen) atoms. The highest BCUT2D eigenvalue weighted by molar-refractivity contribution is 6.21. The van der Waals surface area contributed by atoms with Gasteiger partial charge in [0.25, 0.3) is 17.7 Å². The molecule has 0 saturated heterocycles. The Balaban J connectivity index is 1.37. The lowest BCUT2D eigenvalue weighted by Gasteiger charge is -2.19. The topological polar surface area (TPSA) is 92.8 Å². The van der Waals surface area contributed by atoms with E-state index in [1.165, 1.54) is 24.3 Å². The van der Waals surface area contributed by atoms with Gasteiger partial charge in [-0.15, -0.1) is 0 Å². The first kappa shape index (κ1) is 22.8. The standard InChI is InChI=1S/C26H21FN2O5/c27-18-12-14-19(15-13-18)28-24(31)23(17-7-2-1-3-8-17)34-22(30)11-6-16-29-25(32)20-9-4-5-10-21(20)26(29)33/h1-5,7-10,12-15,23H,6,11,16H2,(H,28,31). The van der Waals surface area contributed by atoms with Gasteiger partial charge >= 0.3 is 5.97 Å². The van der Waals surface area contributed by atoms with Crippen LogP contribution in [-0.4, -0.2) is 35.1 Å². The van der Waals surface area contributed by atoms with Crippen molar-refractivity contribution in [3.05, 3.63) is 101 Å². The van der Waals surface area contributed by atoms with Gasteiger partial charge in [0.15, 0.2) is 0 Å². The van der Waals surface area contributed by atoms with Crippen LogP contribution in [0.5, 0.6) is 0 Å². The highest BCUT2D eigenvalue weighted by Gasteiger charge is 2.34. The zero-order chi connectivity index (χ0) is 24.1. The zero-order valence-electron chi connectivity index (χ0n) is 18.1. The lowest BCUT2D eigenvalue weighted by atomic mass is 10.1. The lowest BCUT2D eigenvalue weighted by molar-refractivity contribution is -0.154. The van der Waals surface area contributed by atoms with Crippen molar-refractivity contribution >= 4 is 29.4 Å². The summed E-state index contributed by atoms with van der Waals surface area (Å²) in [5, 5.41) is 2.62. The van der Waals surface area contributed by atoms with Gasteiger partial charge in [0.05, 0.1) is 11.1 Å². The summed E-state index contributed by atoms with van der Waals surface area (Å²) in [6, 6.07) is 20.3. The van der Waals surface area contributed by atoms with Crippen molar-refractivity contribution in [2.75, 3.05) is 11.9 Å². The van der Waals surface area contributed by atoms with E-state index in [1.807, 2.05) is 0 Å². The molecule has 1 unspecified atom stereocenters. The molecule has 0 aliphatic carbocycles. The molecule has 7 nitrogen and oxygen atoms in total. The third-order valence-electron chi connectivity index (χ3n) is 5.34. The summed E-state index contributed by atoms with van der Waals surface area (Å²) in [5.74, 6) is -2.47. The second-order valence-corrected chi connectivity index (χ2v) is 7.69. The van der Waals surface area contributed by atoms with Crippen molar-refractivity contribution in [3.63, 3.8) is 0 Å². The number of ether oxygens (including phenoxy) is 1. The molecule has 0 aromatic heterocycles. The number of carbonyl (C=O) groups is 4. The maximum absolute atomic E-state index is 13.1. The van der Waals surface area contributed by atoms with E-state index < -0.39 is 35.6 Å². The fourth-order valence-electron chi connectivity index (χ4n) is 3.66. The van der Waals surface area contributed by atoms with E-state index in [0.29, 0.717) is 22.4 Å². The Morgan fingerprint density at radius 3 is 2.06 bits per heavy atom. The number of nitrogens with one attached hydrogen (secondary N) is 1. The highest BCUT2D eigenvalue weighted by atomic mass is 19.1. The minimum Gasteiger partial charge on any atom is -0.447 e.